The summed E-state index contributed by atoms with van der Waals surface area (Å²) in [4.78, 5) is 0. The van der Waals surface area contributed by atoms with Crippen LogP contribution in [-0.2, 0) is 0 Å². The molecule has 0 unspecified atom stereocenters. The van der Waals surface area contributed by atoms with E-state index in [1.165, 1.54) is 0 Å². The summed E-state index contributed by atoms with van der Waals surface area (Å²) in [5.74, 6) is -0.171. The minimum Gasteiger partial charge on any atom is -0.455 e. The summed E-state index contributed by atoms with van der Waals surface area (Å²) >= 11 is 0. The highest BCUT2D eigenvalue weighted by molar-refractivity contribution is 6.25. The number of fused-ring (bicyclic) bond motifs is 3. The topological polar surface area (TPSA) is 13.1 Å². The van der Waals surface area contributed by atoms with Crippen LogP contribution in [-0.4, -0.2) is 0 Å². The molecule has 0 aliphatic rings. The SMILES string of the molecule is [2H]c1c([2H])c(-c2oc3c(-c4ccccc4)cccc3c2-c2c3c([2H])c([2H])c([2H])c([2H])c3c(-c3ccccc3)c3c([2H])c([2H])c([2H])c([2H])c23)c([2H])c([2H])c1-c1ccccc1. The third kappa shape index (κ3) is 4.56. The van der Waals surface area contributed by atoms with Crippen LogP contribution in [0.4, 0.5) is 0 Å². The highest BCUT2D eigenvalue weighted by Crippen LogP contribution is 2.50. The molecule has 8 aromatic carbocycles. The van der Waals surface area contributed by atoms with Gasteiger partial charge in [-0.05, 0) is 49.4 Å². The van der Waals surface area contributed by atoms with Crippen LogP contribution in [0.2, 0.25) is 0 Å². The third-order valence-electron chi connectivity index (χ3n) is 8.40. The average Bonchev–Trinajstić information content (AvgIpc) is 3.64. The third-order valence-corrected chi connectivity index (χ3v) is 8.40. The van der Waals surface area contributed by atoms with E-state index in [-0.39, 0.29) is 72.8 Å². The molecule has 0 amide bonds. The molecule has 0 radical (unpaired) electrons. The van der Waals surface area contributed by atoms with Crippen LogP contribution in [0.3, 0.4) is 0 Å². The van der Waals surface area contributed by atoms with Crippen LogP contribution in [0.5, 0.6) is 0 Å². The van der Waals surface area contributed by atoms with Gasteiger partial charge in [-0.3, -0.25) is 0 Å². The Balaban J connectivity index is 1.59. The summed E-state index contributed by atoms with van der Waals surface area (Å²) in [6.07, 6.45) is 0. The molecule has 0 spiro atoms. The van der Waals surface area contributed by atoms with Crippen molar-refractivity contribution < 1.29 is 20.9 Å². The lowest BCUT2D eigenvalue weighted by Crippen LogP contribution is -1.91. The monoisotopic (exact) mass is 610 g/mol. The lowest BCUT2D eigenvalue weighted by molar-refractivity contribution is 0.633. The van der Waals surface area contributed by atoms with E-state index in [2.05, 4.69) is 0 Å². The van der Waals surface area contributed by atoms with Crippen molar-refractivity contribution in [1.29, 1.82) is 0 Å². The summed E-state index contributed by atoms with van der Waals surface area (Å²) in [6, 6.07) is 26.1. The van der Waals surface area contributed by atoms with Crippen molar-refractivity contribution in [3.63, 3.8) is 0 Å². The van der Waals surface area contributed by atoms with Gasteiger partial charge in [0, 0.05) is 27.6 Å². The fourth-order valence-electron chi connectivity index (χ4n) is 6.33. The Labute approximate surface area is 290 Å². The van der Waals surface area contributed by atoms with Gasteiger partial charge in [0.1, 0.15) is 11.3 Å². The Kier molecular flexibility index (Phi) is 4.21. The molecule has 9 rings (SSSR count). The van der Waals surface area contributed by atoms with Crippen molar-refractivity contribution in [3.05, 3.63) is 182 Å². The van der Waals surface area contributed by atoms with Gasteiger partial charge in [-0.1, -0.05) is 182 Å². The van der Waals surface area contributed by atoms with E-state index in [0.717, 1.165) is 5.56 Å². The molecule has 0 fully saturated rings. The first-order valence-electron chi connectivity index (χ1n) is 21.1. The highest BCUT2D eigenvalue weighted by atomic mass is 16.3. The van der Waals surface area contributed by atoms with E-state index < -0.39 is 60.4 Å². The van der Waals surface area contributed by atoms with Gasteiger partial charge in [-0.2, -0.15) is 0 Å². The van der Waals surface area contributed by atoms with Crippen LogP contribution >= 0.6 is 0 Å². The predicted molar refractivity (Wildman–Crippen MR) is 198 cm³/mol. The van der Waals surface area contributed by atoms with Gasteiger partial charge in [0.15, 0.2) is 0 Å². The predicted octanol–water partition coefficient (Wildman–Crippen LogP) is 13.1. The zero-order valence-corrected chi connectivity index (χ0v) is 24.8. The fourth-order valence-corrected chi connectivity index (χ4v) is 6.33. The zero-order valence-electron chi connectivity index (χ0n) is 36.8. The number of rotatable bonds is 5. The van der Waals surface area contributed by atoms with Crippen LogP contribution in [0.1, 0.15) is 16.4 Å². The molecule has 0 saturated heterocycles. The molecule has 1 heteroatoms. The lowest BCUT2D eigenvalue weighted by Gasteiger charge is -2.18. The summed E-state index contributed by atoms with van der Waals surface area (Å²) in [7, 11) is 0. The molecule has 1 nitrogen and oxygen atoms in total. The van der Waals surface area contributed by atoms with Crippen molar-refractivity contribution in [1.82, 2.24) is 0 Å². The normalized spacial score (nSPS) is 15.0. The first-order valence-corrected chi connectivity index (χ1v) is 15.1. The fraction of sp³-hybridized carbons (Fsp3) is 0. The second kappa shape index (κ2) is 11.3. The second-order valence-corrected chi connectivity index (χ2v) is 11.1. The molecule has 47 heavy (non-hydrogen) atoms. The first-order chi connectivity index (χ1) is 28.3. The zero-order chi connectivity index (χ0) is 41.6. The standard InChI is InChI=1S/C46H30O/c1-4-15-31(16-5-1)32-27-29-35(30-28-32)45-44(41-26-14-25-36(46(41)47-45)33-17-6-2-7-18-33)43-39-23-12-10-21-37(39)42(34-19-8-3-9-20-34)38-22-11-13-24-40(38)43/h1-30H/i10D,11D,12D,13D,21D,22D,23D,24D,27D,28D,29D,30D. The van der Waals surface area contributed by atoms with Gasteiger partial charge in [0.2, 0.25) is 0 Å². The lowest BCUT2D eigenvalue weighted by atomic mass is 9.84. The Bertz CT molecular complexity index is 3110. The molecular formula is C46H30O. The molecule has 0 N–H and O–H groups in total. The maximum atomic E-state index is 9.51. The van der Waals surface area contributed by atoms with Crippen LogP contribution in [0.25, 0.3) is 88.3 Å². The minimum atomic E-state index is -0.585. The summed E-state index contributed by atoms with van der Waals surface area (Å²) < 4.78 is 117. The van der Waals surface area contributed by atoms with Crippen molar-refractivity contribution in [2.75, 3.05) is 0 Å². The number of furan rings is 1. The number of hydrogen-bond acceptors (Lipinski definition) is 1. The van der Waals surface area contributed by atoms with Gasteiger partial charge in [-0.15, -0.1) is 0 Å². The number of benzene rings is 8. The van der Waals surface area contributed by atoms with Crippen LogP contribution < -0.4 is 0 Å². The Morgan fingerprint density at radius 3 is 1.40 bits per heavy atom. The van der Waals surface area contributed by atoms with Gasteiger partial charge in [-0.25, -0.2) is 0 Å². The van der Waals surface area contributed by atoms with E-state index in [4.69, 9.17) is 9.90 Å². The molecule has 220 valence electrons. The molecule has 0 atom stereocenters. The Morgan fingerprint density at radius 2 is 0.830 bits per heavy atom. The Morgan fingerprint density at radius 1 is 0.340 bits per heavy atom. The molecule has 0 saturated carbocycles. The largest absolute Gasteiger partial charge is 0.455 e. The van der Waals surface area contributed by atoms with Crippen molar-refractivity contribution in [2.45, 2.75) is 0 Å². The molecule has 9 aromatic rings. The van der Waals surface area contributed by atoms with Gasteiger partial charge >= 0.3 is 0 Å². The molecule has 0 aliphatic carbocycles. The van der Waals surface area contributed by atoms with E-state index in [0.29, 0.717) is 22.1 Å². The van der Waals surface area contributed by atoms with E-state index in [1.807, 2.05) is 36.4 Å². The van der Waals surface area contributed by atoms with Crippen LogP contribution in [0.15, 0.2) is 186 Å². The Hall–Kier alpha value is -6.18. The van der Waals surface area contributed by atoms with Crippen molar-refractivity contribution in [3.8, 4) is 55.8 Å². The number of para-hydroxylation sites is 1. The average molecular weight is 611 g/mol. The summed E-state index contributed by atoms with van der Waals surface area (Å²) in [5, 5.41) is 0.192. The molecule has 0 aliphatic heterocycles. The maximum Gasteiger partial charge on any atom is 0.143 e. The quantitative estimate of drug-likeness (QED) is 0.177. The smallest absolute Gasteiger partial charge is 0.143 e. The molecule has 0 bridgehead atoms. The number of hydrogen-bond donors (Lipinski definition) is 0. The van der Waals surface area contributed by atoms with E-state index >= 15 is 0 Å². The summed E-state index contributed by atoms with van der Waals surface area (Å²) in [5.41, 5.74) is 2.55. The molecule has 1 aromatic heterocycles. The second-order valence-electron chi connectivity index (χ2n) is 11.1. The maximum absolute atomic E-state index is 9.51. The highest BCUT2D eigenvalue weighted by Gasteiger charge is 2.25. The first kappa shape index (κ1) is 17.5. The molecule has 1 heterocycles. The van der Waals surface area contributed by atoms with Crippen LogP contribution in [0, 0.1) is 0 Å². The molecular weight excluding hydrogens is 569 g/mol. The van der Waals surface area contributed by atoms with E-state index in [9.17, 15) is 11.0 Å². The van der Waals surface area contributed by atoms with Gasteiger partial charge < -0.3 is 4.42 Å². The van der Waals surface area contributed by atoms with Gasteiger partial charge in [0.25, 0.3) is 0 Å². The van der Waals surface area contributed by atoms with Gasteiger partial charge in [0.05, 0.1) is 16.4 Å². The van der Waals surface area contributed by atoms with Crippen molar-refractivity contribution in [2.24, 2.45) is 0 Å². The van der Waals surface area contributed by atoms with E-state index in [1.54, 1.807) is 72.8 Å². The van der Waals surface area contributed by atoms with Crippen molar-refractivity contribution >= 4 is 32.5 Å². The summed E-state index contributed by atoms with van der Waals surface area (Å²) in [6.45, 7) is 0. The minimum absolute atomic E-state index is 0.00627.